The predicted molar refractivity (Wildman–Crippen MR) is 84.5 cm³/mol. The molecule has 0 spiro atoms. The average Bonchev–Trinajstić information content (AvgIpc) is 3.01. The van der Waals surface area contributed by atoms with E-state index in [0.29, 0.717) is 17.5 Å². The predicted octanol–water partition coefficient (Wildman–Crippen LogP) is 2.04. The fourth-order valence-electron chi connectivity index (χ4n) is 2.45. The summed E-state index contributed by atoms with van der Waals surface area (Å²) in [5.74, 6) is -0.981. The number of aromatic amines is 1. The van der Waals surface area contributed by atoms with Crippen molar-refractivity contribution in [3.8, 4) is 0 Å². The topological polar surface area (TPSA) is 78.0 Å². The van der Waals surface area contributed by atoms with Crippen LogP contribution in [-0.4, -0.2) is 33.6 Å². The van der Waals surface area contributed by atoms with Gasteiger partial charge in [0.25, 0.3) is 5.91 Å². The van der Waals surface area contributed by atoms with E-state index < -0.39 is 17.8 Å². The molecule has 6 heteroatoms. The highest BCUT2D eigenvalue weighted by Crippen LogP contribution is 2.17. The number of nitrogens with zero attached hydrogens (tertiary/aromatic N) is 1. The summed E-state index contributed by atoms with van der Waals surface area (Å²) in [4.78, 5) is 19.0. The second kappa shape index (κ2) is 6.58. The van der Waals surface area contributed by atoms with Gasteiger partial charge in [-0.2, -0.15) is 0 Å². The summed E-state index contributed by atoms with van der Waals surface area (Å²) in [6.45, 7) is 0.0795. The molecule has 0 saturated carbocycles. The van der Waals surface area contributed by atoms with Crippen molar-refractivity contribution in [1.29, 1.82) is 0 Å². The first-order valence-corrected chi connectivity index (χ1v) is 7.26. The van der Waals surface area contributed by atoms with Crippen molar-refractivity contribution in [2.75, 3.05) is 6.54 Å². The molecule has 1 atom stereocenters. The van der Waals surface area contributed by atoms with E-state index in [9.17, 15) is 14.3 Å². The van der Waals surface area contributed by atoms with Crippen molar-refractivity contribution < 1.29 is 14.3 Å². The third-order valence-electron chi connectivity index (χ3n) is 3.55. The second-order valence-electron chi connectivity index (χ2n) is 5.31. The summed E-state index contributed by atoms with van der Waals surface area (Å²) in [6, 6.07) is 11.9. The Morgan fingerprint density at radius 2 is 2.09 bits per heavy atom. The minimum absolute atomic E-state index is 0.0795. The van der Waals surface area contributed by atoms with E-state index in [-0.39, 0.29) is 12.1 Å². The van der Waals surface area contributed by atoms with Gasteiger partial charge in [0.15, 0.2) is 0 Å². The van der Waals surface area contributed by atoms with Gasteiger partial charge in [0, 0.05) is 13.0 Å². The van der Waals surface area contributed by atoms with E-state index in [0.717, 1.165) is 11.6 Å². The Hall–Kier alpha value is -2.73. The normalized spacial score (nSPS) is 12.3. The molecule has 1 amide bonds. The summed E-state index contributed by atoms with van der Waals surface area (Å²) < 4.78 is 13.5. The Bertz CT molecular complexity index is 817. The van der Waals surface area contributed by atoms with Gasteiger partial charge < -0.3 is 15.4 Å². The number of benzene rings is 2. The molecule has 3 rings (SSSR count). The molecule has 0 saturated heterocycles. The van der Waals surface area contributed by atoms with Crippen LogP contribution in [0.2, 0.25) is 0 Å². The third-order valence-corrected chi connectivity index (χ3v) is 3.55. The number of nitrogens with one attached hydrogen (secondary N) is 2. The van der Waals surface area contributed by atoms with Crippen LogP contribution in [0.4, 0.5) is 4.39 Å². The van der Waals surface area contributed by atoms with E-state index in [1.54, 1.807) is 0 Å². The first kappa shape index (κ1) is 15.2. The summed E-state index contributed by atoms with van der Waals surface area (Å²) in [7, 11) is 0. The lowest BCUT2D eigenvalue weighted by atomic mass is 10.1. The van der Waals surface area contributed by atoms with Crippen LogP contribution in [0.25, 0.3) is 11.0 Å². The molecule has 0 aliphatic carbocycles. The fourth-order valence-corrected chi connectivity index (χ4v) is 2.45. The monoisotopic (exact) mass is 313 g/mol. The largest absolute Gasteiger partial charge is 0.391 e. The minimum Gasteiger partial charge on any atom is -0.391 e. The molecule has 5 nitrogen and oxygen atoms in total. The number of H-pyrrole nitrogens is 1. The van der Waals surface area contributed by atoms with Crippen LogP contribution >= 0.6 is 0 Å². The Morgan fingerprint density at radius 3 is 2.87 bits per heavy atom. The van der Waals surface area contributed by atoms with Crippen molar-refractivity contribution >= 4 is 16.9 Å². The highest BCUT2D eigenvalue weighted by atomic mass is 19.1. The van der Waals surface area contributed by atoms with Crippen LogP contribution in [0, 0.1) is 5.82 Å². The number of carbonyl (C=O) groups excluding carboxylic acids is 1. The lowest BCUT2D eigenvalue weighted by Gasteiger charge is -2.12. The van der Waals surface area contributed by atoms with E-state index in [1.165, 1.54) is 12.4 Å². The Labute approximate surface area is 132 Å². The number of imidazole rings is 1. The first-order chi connectivity index (χ1) is 11.1. The maximum Gasteiger partial charge on any atom is 0.253 e. The number of halogens is 1. The van der Waals surface area contributed by atoms with Crippen LogP contribution in [-0.2, 0) is 6.42 Å². The van der Waals surface area contributed by atoms with Gasteiger partial charge in [-0.15, -0.1) is 0 Å². The zero-order chi connectivity index (χ0) is 16.2. The van der Waals surface area contributed by atoms with Gasteiger partial charge in [0.05, 0.1) is 23.5 Å². The maximum atomic E-state index is 13.5. The molecule has 0 radical (unpaired) electrons. The smallest absolute Gasteiger partial charge is 0.253 e. The second-order valence-corrected chi connectivity index (χ2v) is 5.31. The molecule has 3 N–H and O–H groups in total. The van der Waals surface area contributed by atoms with Crippen LogP contribution in [0.1, 0.15) is 15.9 Å². The van der Waals surface area contributed by atoms with E-state index in [4.69, 9.17) is 0 Å². The van der Waals surface area contributed by atoms with Crippen LogP contribution in [0.15, 0.2) is 48.8 Å². The lowest BCUT2D eigenvalue weighted by Crippen LogP contribution is -2.33. The van der Waals surface area contributed by atoms with Crippen molar-refractivity contribution in [1.82, 2.24) is 15.3 Å². The summed E-state index contributed by atoms with van der Waals surface area (Å²) >= 11 is 0. The van der Waals surface area contributed by atoms with Crippen LogP contribution in [0.5, 0.6) is 0 Å². The molecule has 2 aromatic carbocycles. The number of carbonyl (C=O) groups is 1. The summed E-state index contributed by atoms with van der Waals surface area (Å²) in [6.07, 6.45) is 1.12. The number of aromatic nitrogens is 2. The zero-order valence-corrected chi connectivity index (χ0v) is 12.3. The Balaban J connectivity index is 1.65. The molecule has 0 bridgehead atoms. The number of aliphatic hydroxyl groups excluding tert-OH is 1. The molecule has 1 unspecified atom stereocenters. The third kappa shape index (κ3) is 3.54. The molecule has 23 heavy (non-hydrogen) atoms. The minimum atomic E-state index is -0.718. The Morgan fingerprint density at radius 1 is 1.30 bits per heavy atom. The molecule has 1 heterocycles. The van der Waals surface area contributed by atoms with Gasteiger partial charge in [-0.1, -0.05) is 30.3 Å². The molecular weight excluding hydrogens is 297 g/mol. The summed E-state index contributed by atoms with van der Waals surface area (Å²) in [5.41, 5.74) is 1.99. The maximum absolute atomic E-state index is 13.5. The van der Waals surface area contributed by atoms with Crippen molar-refractivity contribution in [3.63, 3.8) is 0 Å². The van der Waals surface area contributed by atoms with Crippen molar-refractivity contribution in [2.45, 2.75) is 12.5 Å². The number of fused-ring (bicyclic) bond motifs is 1. The average molecular weight is 313 g/mol. The molecule has 1 aromatic heterocycles. The number of amides is 1. The molecule has 118 valence electrons. The molecule has 0 aliphatic rings. The van der Waals surface area contributed by atoms with E-state index >= 15 is 0 Å². The highest BCUT2D eigenvalue weighted by Gasteiger charge is 2.15. The quantitative estimate of drug-likeness (QED) is 0.674. The van der Waals surface area contributed by atoms with Crippen molar-refractivity contribution in [3.05, 3.63) is 65.7 Å². The number of aliphatic hydroxyl groups is 1. The van der Waals surface area contributed by atoms with Crippen LogP contribution < -0.4 is 5.32 Å². The molecule has 3 aromatic rings. The number of rotatable bonds is 5. The SMILES string of the molecule is O=C(NCC(O)Cc1ccccc1)c1cc(F)cc2[nH]cnc12. The Kier molecular flexibility index (Phi) is 4.34. The molecule has 0 aliphatic heterocycles. The highest BCUT2D eigenvalue weighted by molar-refractivity contribution is 6.04. The summed E-state index contributed by atoms with van der Waals surface area (Å²) in [5, 5.41) is 12.6. The lowest BCUT2D eigenvalue weighted by molar-refractivity contribution is 0.0917. The van der Waals surface area contributed by atoms with Gasteiger partial charge >= 0.3 is 0 Å². The number of hydrogen-bond donors (Lipinski definition) is 3. The molecule has 0 fully saturated rings. The van der Waals surface area contributed by atoms with E-state index in [1.807, 2.05) is 30.3 Å². The fraction of sp³-hybridized carbons (Fsp3) is 0.176. The standard InChI is InChI=1S/C17H16FN3O2/c18-12-7-14(16-15(8-12)20-10-21-16)17(23)19-9-13(22)6-11-4-2-1-3-5-11/h1-5,7-8,10,13,22H,6,9H2,(H,19,23)(H,20,21). The van der Waals surface area contributed by atoms with Gasteiger partial charge in [-0.25, -0.2) is 9.37 Å². The van der Waals surface area contributed by atoms with Gasteiger partial charge in [-0.3, -0.25) is 4.79 Å². The zero-order valence-electron chi connectivity index (χ0n) is 12.3. The van der Waals surface area contributed by atoms with Crippen LogP contribution in [0.3, 0.4) is 0 Å². The van der Waals surface area contributed by atoms with E-state index in [2.05, 4.69) is 15.3 Å². The van der Waals surface area contributed by atoms with Gasteiger partial charge in [0.2, 0.25) is 0 Å². The van der Waals surface area contributed by atoms with Gasteiger partial charge in [0.1, 0.15) is 11.3 Å². The first-order valence-electron chi connectivity index (χ1n) is 7.26. The van der Waals surface area contributed by atoms with Crippen molar-refractivity contribution in [2.24, 2.45) is 0 Å². The van der Waals surface area contributed by atoms with Gasteiger partial charge in [-0.05, 0) is 17.7 Å². The number of hydrogen-bond acceptors (Lipinski definition) is 3. The molecular formula is C17H16FN3O2.